The first kappa shape index (κ1) is 25.2. The summed E-state index contributed by atoms with van der Waals surface area (Å²) in [6.07, 6.45) is 1.27. The van der Waals surface area contributed by atoms with Gasteiger partial charge in [-0.1, -0.05) is 13.8 Å². The Labute approximate surface area is 169 Å². The van der Waals surface area contributed by atoms with Crippen LogP contribution in [0.1, 0.15) is 46.5 Å². The summed E-state index contributed by atoms with van der Waals surface area (Å²) in [5.41, 5.74) is -0.420. The molecule has 0 heterocycles. The Morgan fingerprint density at radius 1 is 0.786 bits per heavy atom. The van der Waals surface area contributed by atoms with Gasteiger partial charge in [0.1, 0.15) is 4.48 Å². The number of rotatable bonds is 8. The van der Waals surface area contributed by atoms with Gasteiger partial charge in [0.2, 0.25) is 11.8 Å². The number of carbonyl (C=O) groups is 6. The number of carbonyl (C=O) groups excluding carboxylic acids is 4. The van der Waals surface area contributed by atoms with Crippen molar-refractivity contribution < 1.29 is 39.0 Å². The maximum absolute atomic E-state index is 12.5. The number of aliphatic carboxylic acids is 2. The quantitative estimate of drug-likeness (QED) is 0.409. The Hall–Kier alpha value is -2.82. The molecule has 0 aromatic heterocycles. The number of imide groups is 2. The summed E-state index contributed by atoms with van der Waals surface area (Å²) in [5, 5.41) is 18.3. The number of hydrogen-bond acceptors (Lipinski definition) is 6. The predicted molar refractivity (Wildman–Crippen MR) is 99.6 cm³/mol. The minimum absolute atomic E-state index is 0.210. The molecule has 0 saturated carbocycles. The highest BCUT2D eigenvalue weighted by Crippen LogP contribution is 2.14. The third kappa shape index (κ3) is 7.43. The third-order valence-electron chi connectivity index (χ3n) is 3.15. The lowest BCUT2D eigenvalue weighted by Gasteiger charge is -2.30. The Balaban J connectivity index is 6.37. The summed E-state index contributed by atoms with van der Waals surface area (Å²) in [5.74, 6) is -7.23. The fourth-order valence-electron chi connectivity index (χ4n) is 1.84. The van der Waals surface area contributed by atoms with Gasteiger partial charge in [-0.3, -0.25) is 19.2 Å². The molecule has 0 aromatic rings. The van der Waals surface area contributed by atoms with Crippen LogP contribution in [0.5, 0.6) is 0 Å². The molecule has 0 saturated heterocycles. The van der Waals surface area contributed by atoms with Gasteiger partial charge >= 0.3 is 11.9 Å². The van der Waals surface area contributed by atoms with Crippen molar-refractivity contribution in [3.63, 3.8) is 0 Å². The van der Waals surface area contributed by atoms with Gasteiger partial charge in [-0.05, 0) is 35.7 Å². The number of carboxylic acid groups (broad SMARTS) is 2. The maximum atomic E-state index is 12.5. The van der Waals surface area contributed by atoms with Crippen LogP contribution in [0, 0.1) is 0 Å². The average molecular weight is 461 g/mol. The van der Waals surface area contributed by atoms with Crippen molar-refractivity contribution in [3.8, 4) is 0 Å². The zero-order valence-corrected chi connectivity index (χ0v) is 17.2. The minimum atomic E-state index is -1.50. The largest absolute Gasteiger partial charge is 0.478 e. The normalized spacial score (nSPS) is 11.6. The van der Waals surface area contributed by atoms with Crippen LogP contribution < -0.4 is 0 Å². The molecule has 11 heteroatoms. The van der Waals surface area contributed by atoms with Crippen molar-refractivity contribution >= 4 is 51.5 Å². The van der Waals surface area contributed by atoms with Gasteiger partial charge in [0, 0.05) is 30.6 Å². The van der Waals surface area contributed by atoms with E-state index in [9.17, 15) is 28.8 Å². The van der Waals surface area contributed by atoms with Gasteiger partial charge in [0.15, 0.2) is 0 Å². The van der Waals surface area contributed by atoms with E-state index in [4.69, 9.17) is 10.2 Å². The molecule has 10 nitrogen and oxygen atoms in total. The highest BCUT2D eigenvalue weighted by Gasteiger charge is 2.34. The van der Waals surface area contributed by atoms with Crippen LogP contribution in [0.15, 0.2) is 22.2 Å². The summed E-state index contributed by atoms with van der Waals surface area (Å²) in [4.78, 5) is 71.8. The van der Waals surface area contributed by atoms with Crippen LogP contribution in [0.25, 0.3) is 0 Å². The van der Waals surface area contributed by atoms with Crippen molar-refractivity contribution in [2.24, 2.45) is 0 Å². The molecule has 0 bridgehead atoms. The van der Waals surface area contributed by atoms with Gasteiger partial charge in [0.05, 0.1) is 0 Å². The van der Waals surface area contributed by atoms with Gasteiger partial charge in [-0.15, -0.1) is 0 Å². The van der Waals surface area contributed by atoms with Crippen LogP contribution >= 0.6 is 15.9 Å². The van der Waals surface area contributed by atoms with Crippen LogP contribution in [-0.2, 0) is 28.8 Å². The number of hydrogen-bond donors (Lipinski definition) is 2. The molecule has 154 valence electrons. The smallest absolute Gasteiger partial charge is 0.342 e. The van der Waals surface area contributed by atoms with E-state index >= 15 is 0 Å². The molecule has 4 amide bonds. The molecule has 0 aliphatic heterocycles. The van der Waals surface area contributed by atoms with Crippen molar-refractivity contribution in [3.05, 3.63) is 22.2 Å². The molecule has 0 spiro atoms. The van der Waals surface area contributed by atoms with Gasteiger partial charge in [-0.2, -0.15) is 10.0 Å². The summed E-state index contributed by atoms with van der Waals surface area (Å²) >= 11 is 2.64. The van der Waals surface area contributed by atoms with E-state index in [0.717, 1.165) is 6.92 Å². The molecule has 0 rings (SSSR count). The SMILES string of the molecule is CCCC(=O)N(C(=O)/C=C(/C)C(=O)O)N(C(=O)/C=C(/Br)C(=O)O)C(=O)CCC. The van der Waals surface area contributed by atoms with E-state index in [2.05, 4.69) is 15.9 Å². The first-order chi connectivity index (χ1) is 13.0. The summed E-state index contributed by atoms with van der Waals surface area (Å²) in [6, 6.07) is 0. The van der Waals surface area contributed by atoms with E-state index in [-0.39, 0.29) is 35.7 Å². The molecular formula is C17H21BrN2O8. The lowest BCUT2D eigenvalue weighted by Crippen LogP contribution is -2.54. The molecule has 0 aliphatic rings. The average Bonchev–Trinajstić information content (AvgIpc) is 2.58. The molecular weight excluding hydrogens is 440 g/mol. The highest BCUT2D eigenvalue weighted by molar-refractivity contribution is 9.12. The Bertz CT molecular complexity index is 679. The first-order valence-corrected chi connectivity index (χ1v) is 9.02. The zero-order valence-electron chi connectivity index (χ0n) is 15.6. The second kappa shape index (κ2) is 11.8. The van der Waals surface area contributed by atoms with E-state index in [1.165, 1.54) is 0 Å². The number of nitrogens with zero attached hydrogens (tertiary/aromatic N) is 2. The summed E-state index contributed by atoms with van der Waals surface area (Å²) in [7, 11) is 0. The van der Waals surface area contributed by atoms with Crippen LogP contribution in [-0.4, -0.2) is 55.8 Å². The van der Waals surface area contributed by atoms with Crippen LogP contribution in [0.3, 0.4) is 0 Å². The molecule has 28 heavy (non-hydrogen) atoms. The molecule has 0 aromatic carbocycles. The second-order valence-corrected chi connectivity index (χ2v) is 6.37. The highest BCUT2D eigenvalue weighted by atomic mass is 79.9. The fraction of sp³-hybridized carbons (Fsp3) is 0.412. The van der Waals surface area contributed by atoms with Gasteiger partial charge in [-0.25, -0.2) is 9.59 Å². The number of hydrazine groups is 1. The lowest BCUT2D eigenvalue weighted by atomic mass is 10.2. The number of carboxylic acids is 2. The Morgan fingerprint density at radius 2 is 1.18 bits per heavy atom. The lowest BCUT2D eigenvalue weighted by molar-refractivity contribution is -0.176. The van der Waals surface area contributed by atoms with Gasteiger partial charge in [0.25, 0.3) is 11.8 Å². The van der Waals surface area contributed by atoms with Crippen LogP contribution in [0.2, 0.25) is 0 Å². The Morgan fingerprint density at radius 3 is 1.50 bits per heavy atom. The monoisotopic (exact) mass is 460 g/mol. The van der Waals surface area contributed by atoms with E-state index in [1.54, 1.807) is 13.8 Å². The fourth-order valence-corrected chi connectivity index (χ4v) is 2.04. The van der Waals surface area contributed by atoms with E-state index < -0.39 is 45.6 Å². The molecule has 2 N–H and O–H groups in total. The topological polar surface area (TPSA) is 149 Å². The van der Waals surface area contributed by atoms with E-state index in [0.29, 0.717) is 12.2 Å². The molecule has 0 aliphatic carbocycles. The van der Waals surface area contributed by atoms with Crippen molar-refractivity contribution in [1.29, 1.82) is 0 Å². The molecule has 0 atom stereocenters. The van der Waals surface area contributed by atoms with Crippen molar-refractivity contribution in [1.82, 2.24) is 10.0 Å². The Kier molecular flexibility index (Phi) is 10.6. The molecule has 0 fully saturated rings. The minimum Gasteiger partial charge on any atom is -0.478 e. The maximum Gasteiger partial charge on any atom is 0.342 e. The number of halogens is 1. The summed E-state index contributed by atoms with van der Waals surface area (Å²) in [6.45, 7) is 4.35. The number of amides is 4. The van der Waals surface area contributed by atoms with Crippen molar-refractivity contribution in [2.75, 3.05) is 0 Å². The molecule has 0 unspecified atom stereocenters. The first-order valence-electron chi connectivity index (χ1n) is 8.23. The van der Waals surface area contributed by atoms with Gasteiger partial charge < -0.3 is 10.2 Å². The van der Waals surface area contributed by atoms with E-state index in [1.807, 2.05) is 0 Å². The third-order valence-corrected chi connectivity index (χ3v) is 3.72. The zero-order chi connectivity index (χ0) is 22.0. The van der Waals surface area contributed by atoms with Crippen LogP contribution in [0.4, 0.5) is 0 Å². The molecule has 0 radical (unpaired) electrons. The van der Waals surface area contributed by atoms with Crippen molar-refractivity contribution in [2.45, 2.75) is 46.5 Å². The standard InChI is InChI=1S/C17H21BrN2O8/c1-4-6-12(21)19(14(23)8-10(3)16(25)26)20(13(22)7-5-2)15(24)9-11(18)17(27)28/h8-9H,4-7H2,1-3H3,(H,25,26)(H,27,28)/b10-8-,11-9+. The summed E-state index contributed by atoms with van der Waals surface area (Å²) < 4.78 is -0.598. The second-order valence-electron chi connectivity index (χ2n) is 5.52. The predicted octanol–water partition coefficient (Wildman–Crippen LogP) is 1.61.